The molecule has 2 aliphatic carbocycles. The Kier molecular flexibility index (Phi) is 2.66. The molecule has 0 amide bonds. The van der Waals surface area contributed by atoms with Crippen molar-refractivity contribution >= 4 is 11.6 Å². The summed E-state index contributed by atoms with van der Waals surface area (Å²) >= 11 is 0. The van der Waals surface area contributed by atoms with Crippen LogP contribution in [0.15, 0.2) is 30.4 Å². The van der Waals surface area contributed by atoms with Gasteiger partial charge < -0.3 is 0 Å². The van der Waals surface area contributed by atoms with Gasteiger partial charge in [-0.2, -0.15) is 0 Å². The average molecular weight is 240 g/mol. The number of aryl methyl sites for hydroxylation is 1. The summed E-state index contributed by atoms with van der Waals surface area (Å²) < 4.78 is 0. The van der Waals surface area contributed by atoms with Gasteiger partial charge in [-0.15, -0.1) is 0 Å². The Labute approximate surface area is 107 Å². The van der Waals surface area contributed by atoms with Crippen molar-refractivity contribution in [1.82, 2.24) is 0 Å². The Hall–Kier alpha value is -1.70. The maximum atomic E-state index is 12.5. The number of carbonyl (C=O) groups excluding carboxylic acids is 2. The Morgan fingerprint density at radius 3 is 2.22 bits per heavy atom. The van der Waals surface area contributed by atoms with Crippen LogP contribution in [0.25, 0.3) is 0 Å². The van der Waals surface area contributed by atoms with E-state index in [1.165, 1.54) is 0 Å². The van der Waals surface area contributed by atoms with Crippen LogP contribution in [0.5, 0.6) is 0 Å². The maximum absolute atomic E-state index is 12.5. The normalized spacial score (nSPS) is 25.8. The first-order valence-corrected chi connectivity index (χ1v) is 6.58. The van der Waals surface area contributed by atoms with Crippen molar-refractivity contribution in [2.45, 2.75) is 26.2 Å². The van der Waals surface area contributed by atoms with Gasteiger partial charge in [-0.25, -0.2) is 0 Å². The Balaban J connectivity index is 2.12. The van der Waals surface area contributed by atoms with Gasteiger partial charge in [0.1, 0.15) is 0 Å². The molecule has 2 atom stereocenters. The molecule has 2 aliphatic rings. The van der Waals surface area contributed by atoms with E-state index in [4.69, 9.17) is 0 Å². The topological polar surface area (TPSA) is 34.1 Å². The highest BCUT2D eigenvalue weighted by molar-refractivity contribution is 6.16. The number of allylic oxidation sites excluding steroid dienone is 2. The molecule has 2 heteroatoms. The molecule has 92 valence electrons. The van der Waals surface area contributed by atoms with E-state index in [1.807, 2.05) is 30.4 Å². The first-order valence-electron chi connectivity index (χ1n) is 6.58. The lowest BCUT2D eigenvalue weighted by Gasteiger charge is -2.31. The highest BCUT2D eigenvalue weighted by Gasteiger charge is 2.41. The molecule has 3 rings (SSSR count). The SMILES string of the molecule is CCc1ccc2c(c1)C(=O)C1CC=CCC1C2=O. The van der Waals surface area contributed by atoms with E-state index in [2.05, 4.69) is 6.92 Å². The fourth-order valence-corrected chi connectivity index (χ4v) is 3.02. The quantitative estimate of drug-likeness (QED) is 0.706. The highest BCUT2D eigenvalue weighted by atomic mass is 16.1. The fraction of sp³-hybridized carbons (Fsp3) is 0.375. The van der Waals surface area contributed by atoms with Gasteiger partial charge in [-0.3, -0.25) is 9.59 Å². The average Bonchev–Trinajstić information content (AvgIpc) is 2.44. The molecule has 18 heavy (non-hydrogen) atoms. The summed E-state index contributed by atoms with van der Waals surface area (Å²) in [5.41, 5.74) is 2.41. The van der Waals surface area contributed by atoms with E-state index in [1.54, 1.807) is 0 Å². The molecular formula is C16H16O2. The maximum Gasteiger partial charge on any atom is 0.167 e. The molecule has 0 saturated carbocycles. The third-order valence-corrected chi connectivity index (χ3v) is 4.13. The number of fused-ring (bicyclic) bond motifs is 2. The van der Waals surface area contributed by atoms with Gasteiger partial charge in [-0.05, 0) is 30.9 Å². The minimum absolute atomic E-state index is 0.123. The molecule has 0 saturated heterocycles. The zero-order valence-corrected chi connectivity index (χ0v) is 10.5. The Morgan fingerprint density at radius 2 is 1.61 bits per heavy atom. The number of ketones is 2. The molecule has 2 unspecified atom stereocenters. The van der Waals surface area contributed by atoms with Gasteiger partial charge in [0.25, 0.3) is 0 Å². The zero-order valence-electron chi connectivity index (χ0n) is 10.5. The van der Waals surface area contributed by atoms with Crippen LogP contribution in [0.4, 0.5) is 0 Å². The Morgan fingerprint density at radius 1 is 1.00 bits per heavy atom. The van der Waals surface area contributed by atoms with Gasteiger partial charge in [0.2, 0.25) is 0 Å². The van der Waals surface area contributed by atoms with Crippen molar-refractivity contribution in [3.8, 4) is 0 Å². The summed E-state index contributed by atoms with van der Waals surface area (Å²) in [5, 5.41) is 0. The van der Waals surface area contributed by atoms with E-state index >= 15 is 0 Å². The summed E-state index contributed by atoms with van der Waals surface area (Å²) in [6, 6.07) is 5.70. The van der Waals surface area contributed by atoms with Crippen LogP contribution in [0.3, 0.4) is 0 Å². The zero-order chi connectivity index (χ0) is 12.7. The lowest BCUT2D eigenvalue weighted by Crippen LogP contribution is -2.37. The number of hydrogen-bond donors (Lipinski definition) is 0. The van der Waals surface area contributed by atoms with E-state index in [0.717, 1.165) is 12.0 Å². The fourth-order valence-electron chi connectivity index (χ4n) is 3.02. The van der Waals surface area contributed by atoms with E-state index in [9.17, 15) is 9.59 Å². The van der Waals surface area contributed by atoms with Crippen molar-refractivity contribution in [3.05, 3.63) is 47.0 Å². The summed E-state index contributed by atoms with van der Waals surface area (Å²) in [5.74, 6) is 0.0698. The van der Waals surface area contributed by atoms with E-state index < -0.39 is 0 Å². The van der Waals surface area contributed by atoms with Gasteiger partial charge in [0, 0.05) is 23.0 Å². The molecule has 0 radical (unpaired) electrons. The number of benzene rings is 1. The summed E-state index contributed by atoms with van der Waals surface area (Å²) in [4.78, 5) is 24.9. The third-order valence-electron chi connectivity index (χ3n) is 4.13. The van der Waals surface area contributed by atoms with Crippen LogP contribution in [-0.2, 0) is 6.42 Å². The number of rotatable bonds is 1. The predicted molar refractivity (Wildman–Crippen MR) is 69.8 cm³/mol. The van der Waals surface area contributed by atoms with Gasteiger partial charge in [0.05, 0.1) is 0 Å². The van der Waals surface area contributed by atoms with Crippen molar-refractivity contribution in [2.75, 3.05) is 0 Å². The minimum Gasteiger partial charge on any atom is -0.294 e. The van der Waals surface area contributed by atoms with Gasteiger partial charge >= 0.3 is 0 Å². The summed E-state index contributed by atoms with van der Waals surface area (Å²) in [6.45, 7) is 2.06. The van der Waals surface area contributed by atoms with Crippen LogP contribution < -0.4 is 0 Å². The standard InChI is InChI=1S/C16H16O2/c1-2-10-7-8-13-14(9-10)16(18)12-6-4-3-5-11(12)15(13)17/h3-4,7-9,11-12H,2,5-6H2,1H3. The molecule has 0 spiro atoms. The van der Waals surface area contributed by atoms with Crippen LogP contribution in [-0.4, -0.2) is 11.6 Å². The Bertz CT molecular complexity index is 554. The largest absolute Gasteiger partial charge is 0.294 e. The third kappa shape index (κ3) is 1.56. The second-order valence-corrected chi connectivity index (χ2v) is 5.12. The molecule has 1 aromatic rings. The molecule has 0 heterocycles. The minimum atomic E-state index is -0.123. The van der Waals surface area contributed by atoms with E-state index in [-0.39, 0.29) is 23.4 Å². The monoisotopic (exact) mass is 240 g/mol. The van der Waals surface area contributed by atoms with Crippen molar-refractivity contribution in [3.63, 3.8) is 0 Å². The van der Waals surface area contributed by atoms with Crippen molar-refractivity contribution in [2.24, 2.45) is 11.8 Å². The van der Waals surface area contributed by atoms with Crippen LogP contribution in [0.2, 0.25) is 0 Å². The number of carbonyl (C=O) groups is 2. The molecular weight excluding hydrogens is 224 g/mol. The molecule has 0 aromatic heterocycles. The van der Waals surface area contributed by atoms with Crippen LogP contribution in [0, 0.1) is 11.8 Å². The first kappa shape index (κ1) is 11.4. The lowest BCUT2D eigenvalue weighted by atomic mass is 9.69. The molecule has 0 aliphatic heterocycles. The summed E-state index contributed by atoms with van der Waals surface area (Å²) in [6.07, 6.45) is 6.37. The number of hydrogen-bond acceptors (Lipinski definition) is 2. The molecule has 2 nitrogen and oxygen atoms in total. The van der Waals surface area contributed by atoms with Crippen LogP contribution >= 0.6 is 0 Å². The van der Waals surface area contributed by atoms with Crippen molar-refractivity contribution in [1.29, 1.82) is 0 Å². The van der Waals surface area contributed by atoms with Crippen molar-refractivity contribution < 1.29 is 9.59 Å². The lowest BCUT2D eigenvalue weighted by molar-refractivity contribution is 0.0729. The van der Waals surface area contributed by atoms with Gasteiger partial charge in [-0.1, -0.05) is 31.2 Å². The van der Waals surface area contributed by atoms with Gasteiger partial charge in [0.15, 0.2) is 11.6 Å². The first-order chi connectivity index (χ1) is 8.72. The van der Waals surface area contributed by atoms with E-state index in [0.29, 0.717) is 24.0 Å². The molecule has 0 fully saturated rings. The second kappa shape index (κ2) is 4.20. The number of Topliss-reactive ketones (excluding diaryl/α,β-unsaturated/α-hetero) is 2. The highest BCUT2D eigenvalue weighted by Crippen LogP contribution is 2.37. The summed E-state index contributed by atoms with van der Waals surface area (Å²) in [7, 11) is 0. The molecule has 0 bridgehead atoms. The predicted octanol–water partition coefficient (Wildman–Crippen LogP) is 3.21. The molecule has 0 N–H and O–H groups in total. The smallest absolute Gasteiger partial charge is 0.167 e. The van der Waals surface area contributed by atoms with Crippen LogP contribution in [0.1, 0.15) is 46.0 Å². The molecule has 1 aromatic carbocycles. The second-order valence-electron chi connectivity index (χ2n) is 5.12.